The van der Waals surface area contributed by atoms with Gasteiger partial charge in [0.25, 0.3) is 0 Å². The Hall–Kier alpha value is -0.930. The Bertz CT molecular complexity index is 379. The summed E-state index contributed by atoms with van der Waals surface area (Å²) in [4.78, 5) is 9.30. The van der Waals surface area contributed by atoms with Gasteiger partial charge in [-0.05, 0) is 50.9 Å². The van der Waals surface area contributed by atoms with Crippen LogP contribution < -0.4 is 0 Å². The van der Waals surface area contributed by atoms with Crippen molar-refractivity contribution < 1.29 is 0 Å². The van der Waals surface area contributed by atoms with E-state index in [1.54, 1.807) is 0 Å². The molecule has 3 nitrogen and oxygen atoms in total. The summed E-state index contributed by atoms with van der Waals surface area (Å²) in [5.41, 5.74) is 1.31. The molecule has 1 aromatic rings. The molecule has 0 aromatic carbocycles. The van der Waals surface area contributed by atoms with Crippen LogP contribution in [-0.2, 0) is 6.54 Å². The minimum absolute atomic E-state index is 0.758. The summed E-state index contributed by atoms with van der Waals surface area (Å²) in [5.74, 6) is 0.830. The van der Waals surface area contributed by atoms with Crippen molar-refractivity contribution in [3.05, 3.63) is 30.1 Å². The van der Waals surface area contributed by atoms with Crippen molar-refractivity contribution >= 4 is 0 Å². The van der Waals surface area contributed by atoms with Crippen LogP contribution in [0.1, 0.15) is 38.7 Å². The Morgan fingerprint density at radius 3 is 3.05 bits per heavy atom. The zero-order valence-electron chi connectivity index (χ0n) is 13.3. The first-order chi connectivity index (χ1) is 9.69. The van der Waals surface area contributed by atoms with E-state index in [1.165, 1.54) is 44.5 Å². The van der Waals surface area contributed by atoms with Crippen LogP contribution >= 0.6 is 0 Å². The molecular weight excluding hydrogens is 246 g/mol. The lowest BCUT2D eigenvalue weighted by atomic mass is 10.1. The maximum atomic E-state index is 4.19. The Morgan fingerprint density at radius 2 is 2.35 bits per heavy atom. The third kappa shape index (κ3) is 4.57. The normalized spacial score (nSPS) is 21.5. The second kappa shape index (κ2) is 7.75. The molecule has 3 heteroatoms. The van der Waals surface area contributed by atoms with Crippen LogP contribution in [0.3, 0.4) is 0 Å². The molecule has 1 aliphatic heterocycles. The fourth-order valence-corrected chi connectivity index (χ4v) is 3.32. The monoisotopic (exact) mass is 275 g/mol. The molecule has 0 spiro atoms. The highest BCUT2D eigenvalue weighted by Crippen LogP contribution is 2.21. The molecule has 0 N–H and O–H groups in total. The lowest BCUT2D eigenvalue weighted by Gasteiger charge is -2.25. The summed E-state index contributed by atoms with van der Waals surface area (Å²) in [6, 6.07) is 4.94. The molecule has 1 fully saturated rings. The summed E-state index contributed by atoms with van der Waals surface area (Å²) >= 11 is 0. The highest BCUT2D eigenvalue weighted by Gasteiger charge is 2.26. The Balaban J connectivity index is 1.74. The third-order valence-corrected chi connectivity index (χ3v) is 4.39. The Kier molecular flexibility index (Phi) is 5.99. The number of nitrogens with zero attached hydrogens (tertiary/aromatic N) is 3. The molecule has 0 amide bonds. The van der Waals surface area contributed by atoms with E-state index < -0.39 is 0 Å². The molecule has 0 saturated carbocycles. The predicted octanol–water partition coefficient (Wildman–Crippen LogP) is 3.02. The van der Waals surface area contributed by atoms with Crippen molar-refractivity contribution in [3.8, 4) is 0 Å². The van der Waals surface area contributed by atoms with Gasteiger partial charge < -0.3 is 9.80 Å². The molecule has 0 bridgehead atoms. The van der Waals surface area contributed by atoms with Gasteiger partial charge >= 0.3 is 0 Å². The number of hydrogen-bond acceptors (Lipinski definition) is 3. The molecule has 0 aliphatic carbocycles. The van der Waals surface area contributed by atoms with Gasteiger partial charge in [-0.15, -0.1) is 0 Å². The molecule has 0 unspecified atom stereocenters. The molecular formula is C17H29N3. The molecule has 2 atom stereocenters. The van der Waals surface area contributed by atoms with Gasteiger partial charge in [0, 0.05) is 38.1 Å². The van der Waals surface area contributed by atoms with Crippen LogP contribution in [0, 0.1) is 5.92 Å². The molecule has 1 aromatic heterocycles. The Morgan fingerprint density at radius 1 is 1.50 bits per heavy atom. The van der Waals surface area contributed by atoms with Gasteiger partial charge in [0.15, 0.2) is 0 Å². The van der Waals surface area contributed by atoms with Crippen LogP contribution in [0.2, 0.25) is 0 Å². The highest BCUT2D eigenvalue weighted by atomic mass is 15.2. The van der Waals surface area contributed by atoms with Crippen molar-refractivity contribution in [2.75, 3.05) is 26.7 Å². The van der Waals surface area contributed by atoms with E-state index >= 15 is 0 Å². The number of pyridine rings is 1. The minimum atomic E-state index is 0.758. The zero-order chi connectivity index (χ0) is 14.4. The van der Waals surface area contributed by atoms with Crippen molar-refractivity contribution in [2.45, 2.75) is 45.7 Å². The number of aromatic nitrogens is 1. The molecule has 2 rings (SSSR count). The van der Waals surface area contributed by atoms with Crippen molar-refractivity contribution in [3.63, 3.8) is 0 Å². The van der Waals surface area contributed by atoms with E-state index in [1.807, 2.05) is 18.5 Å². The van der Waals surface area contributed by atoms with Crippen LogP contribution in [-0.4, -0.2) is 47.5 Å². The van der Waals surface area contributed by atoms with E-state index in [9.17, 15) is 0 Å². The van der Waals surface area contributed by atoms with Gasteiger partial charge in [0.05, 0.1) is 0 Å². The second-order valence-electron chi connectivity index (χ2n) is 6.35. The third-order valence-electron chi connectivity index (χ3n) is 4.39. The predicted molar refractivity (Wildman–Crippen MR) is 84.6 cm³/mol. The summed E-state index contributed by atoms with van der Waals surface area (Å²) in [7, 11) is 2.23. The topological polar surface area (TPSA) is 19.4 Å². The summed E-state index contributed by atoms with van der Waals surface area (Å²) < 4.78 is 0. The SMILES string of the molecule is CCC[C@H](C)N1CC[C@@H](CN(C)Cc2cccnc2)C1. The fraction of sp³-hybridized carbons (Fsp3) is 0.706. The smallest absolute Gasteiger partial charge is 0.0312 e. The average Bonchev–Trinajstić information content (AvgIpc) is 2.88. The van der Waals surface area contributed by atoms with Gasteiger partial charge in [-0.1, -0.05) is 19.4 Å². The van der Waals surface area contributed by atoms with Crippen LogP contribution in [0.15, 0.2) is 24.5 Å². The van der Waals surface area contributed by atoms with Gasteiger partial charge in [0.1, 0.15) is 0 Å². The van der Waals surface area contributed by atoms with Crippen LogP contribution in [0.4, 0.5) is 0 Å². The molecule has 1 saturated heterocycles. The fourth-order valence-electron chi connectivity index (χ4n) is 3.32. The van der Waals surface area contributed by atoms with Gasteiger partial charge in [0.2, 0.25) is 0 Å². The summed E-state index contributed by atoms with van der Waals surface area (Å²) in [6.45, 7) is 9.43. The number of likely N-dealkylation sites (tertiary alicyclic amines) is 1. The minimum Gasteiger partial charge on any atom is -0.302 e. The van der Waals surface area contributed by atoms with Crippen molar-refractivity contribution in [1.82, 2.24) is 14.8 Å². The lowest BCUT2D eigenvalue weighted by Crippen LogP contribution is -2.33. The first kappa shape index (κ1) is 15.5. The van der Waals surface area contributed by atoms with Crippen molar-refractivity contribution in [1.29, 1.82) is 0 Å². The maximum Gasteiger partial charge on any atom is 0.0312 e. The number of rotatable bonds is 7. The lowest BCUT2D eigenvalue weighted by molar-refractivity contribution is 0.218. The van der Waals surface area contributed by atoms with E-state index in [-0.39, 0.29) is 0 Å². The van der Waals surface area contributed by atoms with Crippen molar-refractivity contribution in [2.24, 2.45) is 5.92 Å². The Labute approximate surface area is 124 Å². The molecule has 2 heterocycles. The first-order valence-corrected chi connectivity index (χ1v) is 8.00. The quantitative estimate of drug-likeness (QED) is 0.762. The standard InChI is InChI=1S/C17H29N3/c1-4-6-15(2)20-10-8-17(14-20)13-19(3)12-16-7-5-9-18-11-16/h5,7,9,11,15,17H,4,6,8,10,12-14H2,1-3H3/t15-,17-/m0/s1. The van der Waals surface area contributed by atoms with Crippen LogP contribution in [0.5, 0.6) is 0 Å². The van der Waals surface area contributed by atoms with E-state index in [0.717, 1.165) is 18.5 Å². The second-order valence-corrected chi connectivity index (χ2v) is 6.35. The van der Waals surface area contributed by atoms with Gasteiger partial charge in [-0.25, -0.2) is 0 Å². The van der Waals surface area contributed by atoms with Gasteiger partial charge in [-0.3, -0.25) is 4.98 Å². The van der Waals surface area contributed by atoms with Crippen LogP contribution in [0.25, 0.3) is 0 Å². The number of hydrogen-bond donors (Lipinski definition) is 0. The molecule has 0 radical (unpaired) electrons. The molecule has 20 heavy (non-hydrogen) atoms. The maximum absolute atomic E-state index is 4.19. The highest BCUT2D eigenvalue weighted by molar-refractivity contribution is 5.07. The van der Waals surface area contributed by atoms with E-state index in [4.69, 9.17) is 0 Å². The van der Waals surface area contributed by atoms with Gasteiger partial charge in [-0.2, -0.15) is 0 Å². The zero-order valence-corrected chi connectivity index (χ0v) is 13.3. The average molecular weight is 275 g/mol. The summed E-state index contributed by atoms with van der Waals surface area (Å²) in [6.07, 6.45) is 7.79. The first-order valence-electron chi connectivity index (χ1n) is 8.00. The molecule has 1 aliphatic rings. The summed E-state index contributed by atoms with van der Waals surface area (Å²) in [5, 5.41) is 0. The largest absolute Gasteiger partial charge is 0.302 e. The van der Waals surface area contributed by atoms with E-state index in [0.29, 0.717) is 0 Å². The molecule has 112 valence electrons. The van der Waals surface area contributed by atoms with E-state index in [2.05, 4.69) is 41.7 Å².